The van der Waals surface area contributed by atoms with Gasteiger partial charge in [-0.05, 0) is 11.1 Å². The van der Waals surface area contributed by atoms with Crippen molar-refractivity contribution in [2.24, 2.45) is 0 Å². The number of carboxylic acid groups (broad SMARTS) is 1. The number of hydrogen-bond acceptors (Lipinski definition) is 3. The van der Waals surface area contributed by atoms with E-state index in [1.165, 1.54) is 11.1 Å². The average Bonchev–Trinajstić information content (AvgIpc) is 2.26. The molecule has 2 N–H and O–H groups in total. The summed E-state index contributed by atoms with van der Waals surface area (Å²) in [6, 6.07) is 8.39. The second kappa shape index (κ2) is 4.68. The predicted molar refractivity (Wildman–Crippen MR) is 61.0 cm³/mol. The number of rotatable bonds is 3. The maximum Gasteiger partial charge on any atom is 0.317 e. The highest BCUT2D eigenvalue weighted by atomic mass is 32.2. The van der Waals surface area contributed by atoms with E-state index < -0.39 is 5.97 Å². The van der Waals surface area contributed by atoms with Crippen molar-refractivity contribution in [3.63, 3.8) is 0 Å². The highest BCUT2D eigenvalue weighted by Gasteiger charge is 2.19. The minimum Gasteiger partial charge on any atom is -0.480 e. The molecule has 1 heterocycles. The van der Waals surface area contributed by atoms with E-state index in [9.17, 15) is 4.79 Å². The lowest BCUT2D eigenvalue weighted by atomic mass is 10.0. The Bertz CT molecular complexity index is 367. The van der Waals surface area contributed by atoms with Crippen LogP contribution in [-0.2, 0) is 10.5 Å². The molecule has 0 aromatic heterocycles. The van der Waals surface area contributed by atoms with E-state index >= 15 is 0 Å². The van der Waals surface area contributed by atoms with Gasteiger partial charge in [0.2, 0.25) is 0 Å². The molecule has 1 aromatic carbocycles. The van der Waals surface area contributed by atoms with E-state index in [0.29, 0.717) is 0 Å². The van der Waals surface area contributed by atoms with Gasteiger partial charge in [-0.15, -0.1) is 0 Å². The third kappa shape index (κ3) is 2.52. The first-order valence-corrected chi connectivity index (χ1v) is 6.03. The van der Waals surface area contributed by atoms with E-state index in [0.717, 1.165) is 11.5 Å². The summed E-state index contributed by atoms with van der Waals surface area (Å²) >= 11 is 1.84. The van der Waals surface area contributed by atoms with Gasteiger partial charge in [0.15, 0.2) is 0 Å². The van der Waals surface area contributed by atoms with Crippen LogP contribution in [0.3, 0.4) is 0 Å². The van der Waals surface area contributed by atoms with Crippen molar-refractivity contribution >= 4 is 17.7 Å². The van der Waals surface area contributed by atoms with Crippen molar-refractivity contribution in [1.29, 1.82) is 0 Å². The topological polar surface area (TPSA) is 49.3 Å². The van der Waals surface area contributed by atoms with E-state index in [1.54, 1.807) is 0 Å². The number of nitrogens with one attached hydrogen (secondary N) is 1. The van der Waals surface area contributed by atoms with Gasteiger partial charge in [0.1, 0.15) is 0 Å². The monoisotopic (exact) mass is 223 g/mol. The van der Waals surface area contributed by atoms with Crippen LogP contribution in [0, 0.1) is 0 Å². The molecule has 1 aliphatic rings. The minimum atomic E-state index is -0.803. The van der Waals surface area contributed by atoms with Crippen LogP contribution in [0.1, 0.15) is 17.2 Å². The van der Waals surface area contributed by atoms with Crippen LogP contribution in [0.15, 0.2) is 24.3 Å². The Morgan fingerprint density at radius 1 is 1.53 bits per heavy atom. The summed E-state index contributed by atoms with van der Waals surface area (Å²) in [5, 5.41) is 11.7. The predicted octanol–water partition coefficient (Wildman–Crippen LogP) is 1.65. The van der Waals surface area contributed by atoms with Crippen molar-refractivity contribution in [2.75, 3.05) is 12.3 Å². The number of benzene rings is 1. The maximum atomic E-state index is 10.5. The third-order valence-corrected chi connectivity index (χ3v) is 3.56. The highest BCUT2D eigenvalue weighted by Crippen LogP contribution is 2.31. The number of hydrogen-bond donors (Lipinski definition) is 2. The van der Waals surface area contributed by atoms with Crippen LogP contribution >= 0.6 is 11.8 Å². The van der Waals surface area contributed by atoms with Crippen molar-refractivity contribution in [2.45, 2.75) is 11.8 Å². The van der Waals surface area contributed by atoms with Crippen LogP contribution in [0.25, 0.3) is 0 Å². The molecule has 4 heteroatoms. The molecule has 0 radical (unpaired) electrons. The molecule has 0 amide bonds. The maximum absolute atomic E-state index is 10.5. The van der Waals surface area contributed by atoms with Crippen molar-refractivity contribution < 1.29 is 9.90 Å². The van der Waals surface area contributed by atoms with Gasteiger partial charge in [-0.2, -0.15) is 11.8 Å². The summed E-state index contributed by atoms with van der Waals surface area (Å²) in [5.74, 6) is 1.18. The number of carbonyl (C=O) groups is 1. The summed E-state index contributed by atoms with van der Waals surface area (Å²) in [6.07, 6.45) is 0. The first kappa shape index (κ1) is 10.5. The highest BCUT2D eigenvalue weighted by molar-refractivity contribution is 7.98. The Balaban J connectivity index is 2.11. The average molecular weight is 223 g/mol. The molecule has 3 nitrogen and oxygen atoms in total. The van der Waals surface area contributed by atoms with Crippen molar-refractivity contribution in [3.05, 3.63) is 35.4 Å². The summed E-state index contributed by atoms with van der Waals surface area (Å²) in [6.45, 7) is 0.0273. The second-order valence-corrected chi connectivity index (χ2v) is 4.57. The van der Waals surface area contributed by atoms with Gasteiger partial charge in [-0.1, -0.05) is 24.3 Å². The molecular formula is C11H13NO2S. The van der Waals surface area contributed by atoms with Gasteiger partial charge < -0.3 is 5.11 Å². The van der Waals surface area contributed by atoms with Gasteiger partial charge >= 0.3 is 5.97 Å². The zero-order valence-corrected chi connectivity index (χ0v) is 9.09. The lowest BCUT2D eigenvalue weighted by Crippen LogP contribution is -2.31. The van der Waals surface area contributed by atoms with Crippen molar-refractivity contribution in [1.82, 2.24) is 5.32 Å². The fourth-order valence-corrected chi connectivity index (χ4v) is 2.90. The Hall–Kier alpha value is -1.00. The molecule has 1 unspecified atom stereocenters. The van der Waals surface area contributed by atoms with Gasteiger partial charge in [0.25, 0.3) is 0 Å². The Kier molecular flexibility index (Phi) is 3.28. The second-order valence-electron chi connectivity index (χ2n) is 3.54. The molecule has 0 bridgehead atoms. The van der Waals surface area contributed by atoms with E-state index in [1.807, 2.05) is 23.9 Å². The van der Waals surface area contributed by atoms with Gasteiger partial charge in [0.05, 0.1) is 6.54 Å². The van der Waals surface area contributed by atoms with Crippen LogP contribution in [0.2, 0.25) is 0 Å². The Morgan fingerprint density at radius 2 is 2.33 bits per heavy atom. The van der Waals surface area contributed by atoms with Crippen LogP contribution < -0.4 is 5.32 Å². The molecule has 1 aromatic rings. The zero-order valence-electron chi connectivity index (χ0n) is 8.27. The molecule has 0 aliphatic carbocycles. The van der Waals surface area contributed by atoms with Crippen LogP contribution in [-0.4, -0.2) is 23.4 Å². The number of thioether (sulfide) groups is 1. The lowest BCUT2D eigenvalue weighted by Gasteiger charge is -2.25. The standard InChI is InChI=1S/C11H13NO2S/c13-11(14)5-12-10-7-15-6-8-3-1-2-4-9(8)10/h1-4,10,12H,5-7H2,(H,13,14). The first-order valence-electron chi connectivity index (χ1n) is 4.88. The first-order chi connectivity index (χ1) is 7.27. The normalized spacial score (nSPS) is 19.6. The largest absolute Gasteiger partial charge is 0.480 e. The molecule has 0 fully saturated rings. The number of carboxylic acids is 1. The summed E-state index contributed by atoms with van der Waals surface area (Å²) in [5.41, 5.74) is 2.56. The molecule has 1 atom stereocenters. The smallest absolute Gasteiger partial charge is 0.317 e. The molecule has 15 heavy (non-hydrogen) atoms. The third-order valence-electron chi connectivity index (χ3n) is 2.47. The van der Waals surface area contributed by atoms with Gasteiger partial charge in [-0.25, -0.2) is 0 Å². The summed E-state index contributed by atoms with van der Waals surface area (Å²) < 4.78 is 0. The van der Waals surface area contributed by atoms with Crippen LogP contribution in [0.4, 0.5) is 0 Å². The Morgan fingerprint density at radius 3 is 3.13 bits per heavy atom. The molecule has 80 valence electrons. The quantitative estimate of drug-likeness (QED) is 0.818. The molecule has 0 spiro atoms. The lowest BCUT2D eigenvalue weighted by molar-refractivity contribution is -0.136. The fourth-order valence-electron chi connectivity index (χ4n) is 1.76. The SMILES string of the molecule is O=C(O)CNC1CSCc2ccccc21. The van der Waals surface area contributed by atoms with E-state index in [2.05, 4.69) is 17.4 Å². The van der Waals surface area contributed by atoms with Crippen molar-refractivity contribution in [3.8, 4) is 0 Å². The fraction of sp³-hybridized carbons (Fsp3) is 0.364. The van der Waals surface area contributed by atoms with Gasteiger partial charge in [-0.3, -0.25) is 10.1 Å². The van der Waals surface area contributed by atoms with Crippen LogP contribution in [0.5, 0.6) is 0 Å². The summed E-state index contributed by atoms with van der Waals surface area (Å²) in [7, 11) is 0. The molecule has 1 aliphatic heterocycles. The minimum absolute atomic E-state index is 0.0273. The molecule has 0 saturated heterocycles. The molecule has 2 rings (SSSR count). The number of fused-ring (bicyclic) bond motifs is 1. The summed E-state index contributed by atoms with van der Waals surface area (Å²) in [4.78, 5) is 10.5. The van der Waals surface area contributed by atoms with E-state index in [4.69, 9.17) is 5.11 Å². The molecular weight excluding hydrogens is 210 g/mol. The van der Waals surface area contributed by atoms with E-state index in [-0.39, 0.29) is 12.6 Å². The van der Waals surface area contributed by atoms with Gasteiger partial charge in [0, 0.05) is 17.5 Å². The Labute approximate surface area is 92.9 Å². The number of aliphatic carboxylic acids is 1. The zero-order chi connectivity index (χ0) is 10.7. The molecule has 0 saturated carbocycles.